The standard InChI is InChI=1S/C69H134O17P2/c1-6-9-12-15-18-21-24-29-33-38-43-48-53-67(72)80-59-65(86-69(74)55-50-45-40-35-30-26-25-28-31-36-41-46-51-62(4)5)61-84-88(77,78)82-57-63(70)56-81-87(75,76)83-60-64(58-79-66(71)52-47-42-37-32-23-20-17-14-11-8-3)85-68(73)54-49-44-39-34-27-22-19-16-13-10-7-2/h62-65,70H,6-61H2,1-5H3,(H,75,76)(H,77,78)/t63-,64+,65+/m0/s1. The van der Waals surface area contributed by atoms with E-state index in [4.69, 9.17) is 37.0 Å². The summed E-state index contributed by atoms with van der Waals surface area (Å²) in [6, 6.07) is 0. The van der Waals surface area contributed by atoms with Crippen LogP contribution >= 0.6 is 15.6 Å². The Hall–Kier alpha value is -1.94. The van der Waals surface area contributed by atoms with E-state index < -0.39 is 97.5 Å². The van der Waals surface area contributed by atoms with Crippen LogP contribution in [-0.4, -0.2) is 96.7 Å². The number of esters is 4. The van der Waals surface area contributed by atoms with Crippen LogP contribution < -0.4 is 0 Å². The van der Waals surface area contributed by atoms with E-state index in [0.717, 1.165) is 95.8 Å². The molecule has 0 aliphatic heterocycles. The van der Waals surface area contributed by atoms with E-state index in [9.17, 15) is 43.2 Å². The third-order valence-corrected chi connectivity index (χ3v) is 17.9. The maximum atomic E-state index is 13.0. The molecule has 0 fully saturated rings. The van der Waals surface area contributed by atoms with Gasteiger partial charge in [0.15, 0.2) is 12.2 Å². The minimum absolute atomic E-state index is 0.107. The summed E-state index contributed by atoms with van der Waals surface area (Å²) in [7, 11) is -9.89. The van der Waals surface area contributed by atoms with E-state index >= 15 is 0 Å². The van der Waals surface area contributed by atoms with Crippen molar-refractivity contribution in [3.05, 3.63) is 0 Å². The number of carbonyl (C=O) groups excluding carboxylic acids is 4. The van der Waals surface area contributed by atoms with Crippen molar-refractivity contribution in [3.63, 3.8) is 0 Å². The molecule has 0 radical (unpaired) electrons. The van der Waals surface area contributed by atoms with Crippen molar-refractivity contribution in [2.24, 2.45) is 5.92 Å². The van der Waals surface area contributed by atoms with Crippen LogP contribution in [0.15, 0.2) is 0 Å². The lowest BCUT2D eigenvalue weighted by molar-refractivity contribution is -0.161. The minimum Gasteiger partial charge on any atom is -0.462 e. The third kappa shape index (κ3) is 62.8. The lowest BCUT2D eigenvalue weighted by atomic mass is 10.0. The zero-order valence-corrected chi connectivity index (χ0v) is 58.6. The molecule has 0 aliphatic carbocycles. The number of carbonyl (C=O) groups is 4. The van der Waals surface area contributed by atoms with Gasteiger partial charge in [-0.1, -0.05) is 304 Å². The molecular formula is C69H134O17P2. The normalized spacial score (nSPS) is 14.1. The van der Waals surface area contributed by atoms with Crippen LogP contribution in [0.25, 0.3) is 0 Å². The number of aliphatic hydroxyl groups is 1. The summed E-state index contributed by atoms with van der Waals surface area (Å²) in [5.41, 5.74) is 0. The molecule has 0 saturated carbocycles. The smallest absolute Gasteiger partial charge is 0.462 e. The highest BCUT2D eigenvalue weighted by molar-refractivity contribution is 7.47. The first-order valence-corrected chi connectivity index (χ1v) is 39.1. The van der Waals surface area contributed by atoms with Gasteiger partial charge in [0.25, 0.3) is 0 Å². The van der Waals surface area contributed by atoms with Crippen molar-refractivity contribution in [1.29, 1.82) is 0 Å². The van der Waals surface area contributed by atoms with Crippen LogP contribution in [0, 0.1) is 5.92 Å². The molecule has 3 N–H and O–H groups in total. The Labute approximate surface area is 537 Å². The van der Waals surface area contributed by atoms with Gasteiger partial charge in [-0.05, 0) is 31.6 Å². The fourth-order valence-electron chi connectivity index (χ4n) is 10.5. The van der Waals surface area contributed by atoms with Crippen LogP contribution in [0.5, 0.6) is 0 Å². The fraction of sp³-hybridized carbons (Fsp3) is 0.942. The van der Waals surface area contributed by atoms with Gasteiger partial charge in [-0.25, -0.2) is 9.13 Å². The zero-order valence-electron chi connectivity index (χ0n) is 56.9. The summed E-state index contributed by atoms with van der Waals surface area (Å²) >= 11 is 0. The first-order chi connectivity index (χ1) is 42.5. The summed E-state index contributed by atoms with van der Waals surface area (Å²) in [5.74, 6) is -1.35. The Morgan fingerprint density at radius 3 is 0.773 bits per heavy atom. The van der Waals surface area contributed by atoms with Crippen LogP contribution in [-0.2, 0) is 65.4 Å². The van der Waals surface area contributed by atoms with E-state index in [-0.39, 0.29) is 25.7 Å². The highest BCUT2D eigenvalue weighted by Crippen LogP contribution is 2.45. The number of unbranched alkanes of at least 4 members (excludes halogenated alkanes) is 41. The molecule has 19 heteroatoms. The van der Waals surface area contributed by atoms with Gasteiger partial charge in [0, 0.05) is 25.7 Å². The highest BCUT2D eigenvalue weighted by Gasteiger charge is 2.30. The topological polar surface area (TPSA) is 237 Å². The molecule has 0 rings (SSSR count). The molecule has 5 atom stereocenters. The van der Waals surface area contributed by atoms with Gasteiger partial charge < -0.3 is 33.8 Å². The second-order valence-corrected chi connectivity index (χ2v) is 28.3. The zero-order chi connectivity index (χ0) is 64.9. The summed E-state index contributed by atoms with van der Waals surface area (Å²) < 4.78 is 68.2. The second kappa shape index (κ2) is 62.5. The molecule has 522 valence electrons. The van der Waals surface area contributed by atoms with Crippen LogP contribution in [0.1, 0.15) is 356 Å². The molecule has 0 aromatic rings. The molecule has 88 heavy (non-hydrogen) atoms. The predicted molar refractivity (Wildman–Crippen MR) is 354 cm³/mol. The highest BCUT2D eigenvalue weighted by atomic mass is 31.2. The summed E-state index contributed by atoms with van der Waals surface area (Å²) in [6.07, 6.45) is 48.4. The van der Waals surface area contributed by atoms with Crippen LogP contribution in [0.2, 0.25) is 0 Å². The van der Waals surface area contributed by atoms with Crippen molar-refractivity contribution in [2.45, 2.75) is 374 Å². The van der Waals surface area contributed by atoms with Crippen molar-refractivity contribution < 1.29 is 80.2 Å². The molecule has 0 heterocycles. The monoisotopic (exact) mass is 1300 g/mol. The molecule has 0 aromatic carbocycles. The van der Waals surface area contributed by atoms with Gasteiger partial charge in [0.1, 0.15) is 19.3 Å². The number of phosphoric ester groups is 2. The van der Waals surface area contributed by atoms with Gasteiger partial charge in [-0.3, -0.25) is 37.3 Å². The summed E-state index contributed by atoms with van der Waals surface area (Å²) in [5, 5.41) is 10.6. The number of hydrogen-bond donors (Lipinski definition) is 3. The van der Waals surface area contributed by atoms with Crippen molar-refractivity contribution in [1.82, 2.24) is 0 Å². The Morgan fingerprint density at radius 2 is 0.523 bits per heavy atom. The van der Waals surface area contributed by atoms with E-state index in [1.165, 1.54) is 180 Å². The average molecular weight is 1300 g/mol. The molecule has 0 spiro atoms. The number of ether oxygens (including phenoxy) is 4. The lowest BCUT2D eigenvalue weighted by Gasteiger charge is -2.21. The second-order valence-electron chi connectivity index (χ2n) is 25.4. The molecule has 0 aliphatic rings. The first kappa shape index (κ1) is 86.1. The molecule has 2 unspecified atom stereocenters. The molecule has 0 bridgehead atoms. The predicted octanol–water partition coefficient (Wildman–Crippen LogP) is 19.7. The molecule has 0 saturated heterocycles. The third-order valence-electron chi connectivity index (χ3n) is 16.0. The number of rotatable bonds is 69. The van der Waals surface area contributed by atoms with E-state index in [1.807, 2.05) is 0 Å². The molecular weight excluding hydrogens is 1160 g/mol. The van der Waals surface area contributed by atoms with Gasteiger partial charge in [0.2, 0.25) is 0 Å². The van der Waals surface area contributed by atoms with E-state index in [2.05, 4.69) is 34.6 Å². The molecule has 0 amide bonds. The summed E-state index contributed by atoms with van der Waals surface area (Å²) in [6.45, 7) is 7.24. The van der Waals surface area contributed by atoms with Crippen LogP contribution in [0.3, 0.4) is 0 Å². The Bertz CT molecular complexity index is 1700. The Balaban J connectivity index is 5.24. The van der Waals surface area contributed by atoms with Crippen molar-refractivity contribution >= 4 is 39.5 Å². The summed E-state index contributed by atoms with van der Waals surface area (Å²) in [4.78, 5) is 72.5. The largest absolute Gasteiger partial charge is 0.472 e. The lowest BCUT2D eigenvalue weighted by Crippen LogP contribution is -2.30. The number of phosphoric acid groups is 2. The van der Waals surface area contributed by atoms with Gasteiger partial charge >= 0.3 is 39.5 Å². The fourth-order valence-corrected chi connectivity index (χ4v) is 12.0. The Kier molecular flexibility index (Phi) is 61.1. The van der Waals surface area contributed by atoms with E-state index in [0.29, 0.717) is 25.7 Å². The molecule has 17 nitrogen and oxygen atoms in total. The number of hydrogen-bond acceptors (Lipinski definition) is 15. The Morgan fingerprint density at radius 1 is 0.307 bits per heavy atom. The van der Waals surface area contributed by atoms with E-state index in [1.54, 1.807) is 0 Å². The van der Waals surface area contributed by atoms with Gasteiger partial charge in [0.05, 0.1) is 26.4 Å². The number of aliphatic hydroxyl groups excluding tert-OH is 1. The first-order valence-electron chi connectivity index (χ1n) is 36.1. The minimum atomic E-state index is -4.95. The molecule has 0 aromatic heterocycles. The van der Waals surface area contributed by atoms with Gasteiger partial charge in [-0.15, -0.1) is 0 Å². The SMILES string of the molecule is CCCCCCCCCCCCCCC(=O)OC[C@H](COP(=O)(O)OC[C@@H](O)COP(=O)(O)OC[C@@H](COC(=O)CCCCCCCCCCCC)OC(=O)CCCCCCCCCCCCC)OC(=O)CCCCCCCCCCCCCCC(C)C. The maximum absolute atomic E-state index is 13.0. The average Bonchev–Trinajstić information content (AvgIpc) is 3.50. The van der Waals surface area contributed by atoms with Gasteiger partial charge in [-0.2, -0.15) is 0 Å². The maximum Gasteiger partial charge on any atom is 0.472 e. The van der Waals surface area contributed by atoms with Crippen LogP contribution in [0.4, 0.5) is 0 Å². The quantitative estimate of drug-likeness (QED) is 0.0222. The van der Waals surface area contributed by atoms with Crippen molar-refractivity contribution in [3.8, 4) is 0 Å². The van der Waals surface area contributed by atoms with Crippen molar-refractivity contribution in [2.75, 3.05) is 39.6 Å².